The van der Waals surface area contributed by atoms with Crippen LogP contribution in [0.2, 0.25) is 0 Å². The maximum Gasteiger partial charge on any atom is -0.0103 e. The van der Waals surface area contributed by atoms with E-state index in [9.17, 15) is 0 Å². The molecule has 0 aliphatic heterocycles. The van der Waals surface area contributed by atoms with Crippen LogP contribution in [0.1, 0.15) is 45.4 Å². The van der Waals surface area contributed by atoms with Gasteiger partial charge in [-0.25, -0.2) is 0 Å². The molecule has 1 fully saturated rings. The first-order chi connectivity index (χ1) is 6.88. The highest BCUT2D eigenvalue weighted by Crippen LogP contribution is 2.43. The fourth-order valence-corrected chi connectivity index (χ4v) is 1.91. The van der Waals surface area contributed by atoms with Crippen LogP contribution in [-0.4, -0.2) is 0 Å². The van der Waals surface area contributed by atoms with E-state index in [1.807, 2.05) is 0 Å². The molecule has 1 rings (SSSR count). The summed E-state index contributed by atoms with van der Waals surface area (Å²) in [6.45, 7) is 2.20. The fraction of sp³-hybridized carbons (Fsp3) is 0.692. The Morgan fingerprint density at radius 2 is 2.14 bits per heavy atom. The molecule has 2 unspecified atom stereocenters. The van der Waals surface area contributed by atoms with Crippen LogP contribution < -0.4 is 5.73 Å². The van der Waals surface area contributed by atoms with Gasteiger partial charge in [0.15, 0.2) is 0 Å². The number of nitrogens with two attached hydrogens (primary N) is 1. The molecule has 0 aromatic rings. The van der Waals surface area contributed by atoms with E-state index in [2.05, 4.69) is 25.2 Å². The molecule has 0 radical (unpaired) electrons. The summed E-state index contributed by atoms with van der Waals surface area (Å²) in [6, 6.07) is 0. The Hall–Kier alpha value is -0.720. The molecule has 2 N–H and O–H groups in total. The molecular weight excluding hydrogens is 170 g/mol. The molecule has 1 saturated carbocycles. The van der Waals surface area contributed by atoms with Crippen LogP contribution >= 0.6 is 0 Å². The zero-order chi connectivity index (χ0) is 10.2. The van der Waals surface area contributed by atoms with E-state index in [0.29, 0.717) is 0 Å². The standard InChI is InChI=1S/C13H23N/c1-2-3-8-12-11-13(12)9-6-4-5-7-10-14/h3,7-8,10,12-13H,2,4-6,9,11,14H2,1H3/b8-3-,10-7+. The minimum Gasteiger partial charge on any atom is -0.405 e. The van der Waals surface area contributed by atoms with Crippen molar-refractivity contribution < 1.29 is 0 Å². The summed E-state index contributed by atoms with van der Waals surface area (Å²) in [6.07, 6.45) is 16.3. The minimum atomic E-state index is 0.917. The van der Waals surface area contributed by atoms with Crippen LogP contribution in [0.5, 0.6) is 0 Å². The van der Waals surface area contributed by atoms with Crippen LogP contribution in [0, 0.1) is 11.8 Å². The number of hydrogen-bond acceptors (Lipinski definition) is 1. The highest BCUT2D eigenvalue weighted by Gasteiger charge is 2.33. The van der Waals surface area contributed by atoms with Gasteiger partial charge in [-0.05, 0) is 50.1 Å². The summed E-state index contributed by atoms with van der Waals surface area (Å²) in [5, 5.41) is 0. The lowest BCUT2D eigenvalue weighted by atomic mass is 10.1. The second-order valence-corrected chi connectivity index (χ2v) is 4.21. The molecule has 1 nitrogen and oxygen atoms in total. The van der Waals surface area contributed by atoms with Crippen molar-refractivity contribution in [3.8, 4) is 0 Å². The molecule has 14 heavy (non-hydrogen) atoms. The quantitative estimate of drug-likeness (QED) is 0.485. The van der Waals surface area contributed by atoms with E-state index in [4.69, 9.17) is 5.73 Å². The molecule has 1 aliphatic rings. The van der Waals surface area contributed by atoms with Gasteiger partial charge >= 0.3 is 0 Å². The molecule has 0 bridgehead atoms. The third-order valence-corrected chi connectivity index (χ3v) is 2.93. The second-order valence-electron chi connectivity index (χ2n) is 4.21. The molecule has 0 saturated heterocycles. The van der Waals surface area contributed by atoms with Gasteiger partial charge in [-0.2, -0.15) is 0 Å². The van der Waals surface area contributed by atoms with Gasteiger partial charge in [-0.3, -0.25) is 0 Å². The molecule has 0 heterocycles. The first-order valence-electron chi connectivity index (χ1n) is 5.92. The van der Waals surface area contributed by atoms with E-state index in [1.165, 1.54) is 32.1 Å². The highest BCUT2D eigenvalue weighted by atomic mass is 14.5. The Morgan fingerprint density at radius 3 is 2.86 bits per heavy atom. The first kappa shape index (κ1) is 11.4. The highest BCUT2D eigenvalue weighted by molar-refractivity contribution is 5.01. The Morgan fingerprint density at radius 1 is 1.29 bits per heavy atom. The largest absolute Gasteiger partial charge is 0.405 e. The maximum absolute atomic E-state index is 5.27. The Labute approximate surface area is 88.1 Å². The van der Waals surface area contributed by atoms with Crippen LogP contribution in [-0.2, 0) is 0 Å². The summed E-state index contributed by atoms with van der Waals surface area (Å²) in [5.41, 5.74) is 5.27. The number of hydrogen-bond donors (Lipinski definition) is 1. The topological polar surface area (TPSA) is 26.0 Å². The van der Waals surface area contributed by atoms with E-state index in [-0.39, 0.29) is 0 Å². The van der Waals surface area contributed by atoms with E-state index >= 15 is 0 Å². The molecule has 0 aromatic carbocycles. The van der Waals surface area contributed by atoms with E-state index in [1.54, 1.807) is 6.20 Å². The van der Waals surface area contributed by atoms with Gasteiger partial charge in [0.2, 0.25) is 0 Å². The number of allylic oxidation sites excluding steroid dienone is 3. The predicted molar refractivity (Wildman–Crippen MR) is 62.8 cm³/mol. The molecule has 0 amide bonds. The molecule has 1 aliphatic carbocycles. The van der Waals surface area contributed by atoms with Gasteiger partial charge in [0.1, 0.15) is 0 Å². The molecule has 80 valence electrons. The van der Waals surface area contributed by atoms with Gasteiger partial charge in [0.05, 0.1) is 0 Å². The molecule has 2 atom stereocenters. The van der Waals surface area contributed by atoms with Crippen molar-refractivity contribution in [2.75, 3.05) is 0 Å². The average Bonchev–Trinajstić information content (AvgIpc) is 2.93. The zero-order valence-corrected chi connectivity index (χ0v) is 9.28. The molecule has 1 heteroatoms. The molecular formula is C13H23N. The fourth-order valence-electron chi connectivity index (χ4n) is 1.91. The number of unbranched alkanes of at least 4 members (excludes halogenated alkanes) is 2. The molecule has 0 aromatic heterocycles. The van der Waals surface area contributed by atoms with E-state index < -0.39 is 0 Å². The lowest BCUT2D eigenvalue weighted by molar-refractivity contribution is 0.616. The third-order valence-electron chi connectivity index (χ3n) is 2.93. The lowest BCUT2D eigenvalue weighted by Crippen LogP contribution is -1.82. The van der Waals surface area contributed by atoms with Crippen molar-refractivity contribution in [3.63, 3.8) is 0 Å². The van der Waals surface area contributed by atoms with Crippen molar-refractivity contribution in [1.29, 1.82) is 0 Å². The predicted octanol–water partition coefficient (Wildman–Crippen LogP) is 3.62. The van der Waals surface area contributed by atoms with Crippen molar-refractivity contribution >= 4 is 0 Å². The van der Waals surface area contributed by atoms with Crippen LogP contribution in [0.15, 0.2) is 24.4 Å². The summed E-state index contributed by atoms with van der Waals surface area (Å²) in [7, 11) is 0. The van der Waals surface area contributed by atoms with Crippen molar-refractivity contribution in [2.45, 2.75) is 45.4 Å². The van der Waals surface area contributed by atoms with Crippen LogP contribution in [0.3, 0.4) is 0 Å². The Kier molecular flexibility index (Phi) is 5.43. The average molecular weight is 193 g/mol. The summed E-state index contributed by atoms with van der Waals surface area (Å²) in [5.74, 6) is 1.92. The zero-order valence-electron chi connectivity index (χ0n) is 9.28. The van der Waals surface area contributed by atoms with Crippen LogP contribution in [0.4, 0.5) is 0 Å². The second kappa shape index (κ2) is 6.69. The van der Waals surface area contributed by atoms with Gasteiger partial charge in [0, 0.05) is 0 Å². The van der Waals surface area contributed by atoms with Crippen molar-refractivity contribution in [1.82, 2.24) is 0 Å². The van der Waals surface area contributed by atoms with Gasteiger partial charge in [-0.15, -0.1) is 0 Å². The third kappa shape index (κ3) is 4.50. The Balaban J connectivity index is 1.92. The van der Waals surface area contributed by atoms with E-state index in [0.717, 1.165) is 18.3 Å². The van der Waals surface area contributed by atoms with Gasteiger partial charge in [0.25, 0.3) is 0 Å². The summed E-state index contributed by atoms with van der Waals surface area (Å²) < 4.78 is 0. The molecule has 0 spiro atoms. The summed E-state index contributed by atoms with van der Waals surface area (Å²) >= 11 is 0. The van der Waals surface area contributed by atoms with Crippen molar-refractivity contribution in [3.05, 3.63) is 24.4 Å². The summed E-state index contributed by atoms with van der Waals surface area (Å²) in [4.78, 5) is 0. The van der Waals surface area contributed by atoms with Crippen LogP contribution in [0.25, 0.3) is 0 Å². The maximum atomic E-state index is 5.27. The lowest BCUT2D eigenvalue weighted by Gasteiger charge is -1.96. The van der Waals surface area contributed by atoms with Crippen molar-refractivity contribution in [2.24, 2.45) is 17.6 Å². The van der Waals surface area contributed by atoms with Gasteiger partial charge in [-0.1, -0.05) is 31.6 Å². The number of rotatable bonds is 7. The minimum absolute atomic E-state index is 0.917. The Bertz CT molecular complexity index is 193. The first-order valence-corrected chi connectivity index (χ1v) is 5.92. The normalized spacial score (nSPS) is 26.4. The SMILES string of the molecule is CC/C=C\C1CC1CCCC/C=C/N. The smallest absolute Gasteiger partial charge is 0.0103 e. The van der Waals surface area contributed by atoms with Gasteiger partial charge < -0.3 is 5.73 Å². The monoisotopic (exact) mass is 193 g/mol.